The Morgan fingerprint density at radius 3 is 2.23 bits per heavy atom. The van der Waals surface area contributed by atoms with Crippen LogP contribution in [0.15, 0.2) is 71.5 Å². The van der Waals surface area contributed by atoms with E-state index in [2.05, 4.69) is 27.8 Å². The summed E-state index contributed by atoms with van der Waals surface area (Å²) in [4.78, 5) is 27.5. The molecule has 8 heteroatoms. The monoisotopic (exact) mass is 440 g/mol. The molecular weight excluding hydrogens is 423 g/mol. The van der Waals surface area contributed by atoms with E-state index in [1.807, 2.05) is 30.3 Å². The molecule has 4 aromatic rings. The zero-order valence-corrected chi connectivity index (χ0v) is 17.3. The lowest BCUT2D eigenvalue weighted by atomic mass is 10.2. The van der Waals surface area contributed by atoms with Crippen molar-refractivity contribution in [2.45, 2.75) is 13.1 Å². The molecule has 1 heterocycles. The van der Waals surface area contributed by atoms with E-state index in [4.69, 9.17) is 23.2 Å². The van der Waals surface area contributed by atoms with Crippen LogP contribution in [0.1, 0.15) is 11.1 Å². The minimum absolute atomic E-state index is 0.261. The minimum Gasteiger partial charge on any atom is -0.309 e. The van der Waals surface area contributed by atoms with E-state index in [9.17, 15) is 9.59 Å². The van der Waals surface area contributed by atoms with E-state index < -0.39 is 11.7 Å². The van der Waals surface area contributed by atoms with Gasteiger partial charge in [-0.3, -0.25) is 0 Å². The minimum atomic E-state index is -0.584. The number of carbonyl (C=O) groups excluding carboxylic acids is 1. The van der Waals surface area contributed by atoms with Crippen LogP contribution >= 0.6 is 23.2 Å². The number of benzene rings is 3. The molecule has 0 unspecified atom stereocenters. The van der Waals surface area contributed by atoms with Crippen molar-refractivity contribution in [3.8, 4) is 0 Å². The molecule has 0 aliphatic carbocycles. The Bertz CT molecular complexity index is 1250. The number of imidazole rings is 1. The van der Waals surface area contributed by atoms with Crippen molar-refractivity contribution >= 4 is 46.0 Å². The lowest BCUT2D eigenvalue weighted by molar-refractivity contribution is 0.253. The van der Waals surface area contributed by atoms with Gasteiger partial charge in [0, 0.05) is 18.8 Å². The predicted molar refractivity (Wildman–Crippen MR) is 120 cm³/mol. The van der Waals surface area contributed by atoms with Crippen molar-refractivity contribution in [1.82, 2.24) is 14.9 Å². The molecule has 0 spiro atoms. The molecule has 3 aromatic carbocycles. The van der Waals surface area contributed by atoms with Crippen molar-refractivity contribution in [3.63, 3.8) is 0 Å². The maximum absolute atomic E-state index is 12.7. The van der Waals surface area contributed by atoms with Crippen LogP contribution < -0.4 is 16.3 Å². The molecule has 0 fully saturated rings. The van der Waals surface area contributed by atoms with Gasteiger partial charge < -0.3 is 15.6 Å². The zero-order valence-electron chi connectivity index (χ0n) is 15.8. The first-order valence-electron chi connectivity index (χ1n) is 9.26. The Hall–Kier alpha value is -3.06. The van der Waals surface area contributed by atoms with Gasteiger partial charge in [-0.15, -0.1) is 0 Å². The quantitative estimate of drug-likeness (QED) is 0.408. The maximum atomic E-state index is 12.7. The molecule has 30 heavy (non-hydrogen) atoms. The van der Waals surface area contributed by atoms with Gasteiger partial charge in [-0.25, -0.2) is 14.2 Å². The van der Waals surface area contributed by atoms with Gasteiger partial charge in [0.2, 0.25) is 0 Å². The third kappa shape index (κ3) is 4.41. The lowest BCUT2D eigenvalue weighted by Gasteiger charge is -2.08. The summed E-state index contributed by atoms with van der Waals surface area (Å²) in [6.07, 6.45) is 0. The van der Waals surface area contributed by atoms with E-state index in [1.165, 1.54) is 17.7 Å². The number of carbonyl (C=O) groups is 1. The van der Waals surface area contributed by atoms with Crippen molar-refractivity contribution in [1.29, 1.82) is 0 Å². The number of H-pyrrole nitrogens is 1. The summed E-state index contributed by atoms with van der Waals surface area (Å²) in [5.74, 6) is 0. The van der Waals surface area contributed by atoms with Gasteiger partial charge in [0.1, 0.15) is 0 Å². The van der Waals surface area contributed by atoms with E-state index in [0.29, 0.717) is 28.3 Å². The second-order valence-electron chi connectivity index (χ2n) is 6.77. The van der Waals surface area contributed by atoms with E-state index in [0.717, 1.165) is 16.7 Å². The van der Waals surface area contributed by atoms with Crippen molar-refractivity contribution in [2.75, 3.05) is 5.32 Å². The predicted octanol–water partition coefficient (Wildman–Crippen LogP) is 5.01. The summed E-state index contributed by atoms with van der Waals surface area (Å²) in [5, 5.41) is 6.67. The molecule has 1 amide bonds. The second kappa shape index (κ2) is 8.75. The van der Waals surface area contributed by atoms with Crippen LogP contribution in [0.4, 0.5) is 10.5 Å². The molecule has 0 saturated heterocycles. The summed E-state index contributed by atoms with van der Waals surface area (Å²) in [5.41, 5.74) is 3.09. The molecular formula is C22H18Cl2N4O2. The number of halogens is 2. The fourth-order valence-electron chi connectivity index (χ4n) is 3.14. The van der Waals surface area contributed by atoms with Crippen molar-refractivity contribution in [3.05, 3.63) is 98.4 Å². The third-order valence-electron chi connectivity index (χ3n) is 4.63. The summed E-state index contributed by atoms with van der Waals surface area (Å²) in [6.45, 7) is 1.47. The van der Waals surface area contributed by atoms with Gasteiger partial charge >= 0.3 is 11.7 Å². The summed E-state index contributed by atoms with van der Waals surface area (Å²) in [6, 6.07) is 20.0. The number of anilines is 1. The molecule has 4 rings (SSSR count). The first-order chi connectivity index (χ1) is 14.5. The first-order valence-corrected chi connectivity index (χ1v) is 10.0. The van der Waals surface area contributed by atoms with Crippen LogP contribution in [-0.4, -0.2) is 15.6 Å². The van der Waals surface area contributed by atoms with Crippen LogP contribution in [0.25, 0.3) is 11.0 Å². The number of aromatic nitrogens is 2. The Kier molecular flexibility index (Phi) is 5.90. The molecule has 0 aliphatic rings. The highest BCUT2D eigenvalue weighted by atomic mass is 35.5. The SMILES string of the molecule is O=C(Nc1ccc(CNCc2ccccc2)cc1)n1c(=O)[nH]c2cc(Cl)c(Cl)cc21. The molecule has 0 radical (unpaired) electrons. The van der Waals surface area contributed by atoms with E-state index >= 15 is 0 Å². The number of nitrogens with zero attached hydrogens (tertiary/aromatic N) is 1. The fraction of sp³-hybridized carbons (Fsp3) is 0.0909. The second-order valence-corrected chi connectivity index (χ2v) is 7.58. The molecule has 152 valence electrons. The number of fused-ring (bicyclic) bond motifs is 1. The van der Waals surface area contributed by atoms with Gasteiger partial charge in [0.25, 0.3) is 0 Å². The normalized spacial score (nSPS) is 11.0. The molecule has 6 nitrogen and oxygen atoms in total. The van der Waals surface area contributed by atoms with Crippen LogP contribution in [-0.2, 0) is 13.1 Å². The van der Waals surface area contributed by atoms with E-state index in [-0.39, 0.29) is 5.02 Å². The van der Waals surface area contributed by atoms with Gasteiger partial charge in [-0.2, -0.15) is 0 Å². The highest BCUT2D eigenvalue weighted by Gasteiger charge is 2.16. The highest BCUT2D eigenvalue weighted by molar-refractivity contribution is 6.42. The highest BCUT2D eigenvalue weighted by Crippen LogP contribution is 2.26. The Morgan fingerprint density at radius 1 is 0.900 bits per heavy atom. The number of nitrogens with one attached hydrogen (secondary N) is 3. The summed E-state index contributed by atoms with van der Waals surface area (Å²) < 4.78 is 0.993. The van der Waals surface area contributed by atoms with Gasteiger partial charge in [-0.05, 0) is 35.4 Å². The van der Waals surface area contributed by atoms with Crippen molar-refractivity contribution in [2.24, 2.45) is 0 Å². The van der Waals surface area contributed by atoms with Crippen molar-refractivity contribution < 1.29 is 4.79 Å². The number of hydrogen-bond acceptors (Lipinski definition) is 3. The first kappa shape index (κ1) is 20.2. The van der Waals surface area contributed by atoms with Crippen LogP contribution in [0.2, 0.25) is 10.0 Å². The van der Waals surface area contributed by atoms with Crippen LogP contribution in [0.5, 0.6) is 0 Å². The average Bonchev–Trinajstić information content (AvgIpc) is 3.05. The smallest absolute Gasteiger partial charge is 0.309 e. The Morgan fingerprint density at radius 2 is 1.53 bits per heavy atom. The Balaban J connectivity index is 1.43. The number of aromatic amines is 1. The summed E-state index contributed by atoms with van der Waals surface area (Å²) >= 11 is 12.0. The zero-order chi connectivity index (χ0) is 21.1. The topological polar surface area (TPSA) is 78.9 Å². The molecule has 0 atom stereocenters. The van der Waals surface area contributed by atoms with Gasteiger partial charge in [0.15, 0.2) is 0 Å². The van der Waals surface area contributed by atoms with Gasteiger partial charge in [0.05, 0.1) is 21.1 Å². The standard InChI is InChI=1S/C22H18Cl2N4O2/c23-17-10-19-20(11-18(17)24)28(22(30)27-19)21(29)26-16-8-6-15(7-9-16)13-25-12-14-4-2-1-3-5-14/h1-11,25H,12-13H2,(H,26,29)(H,27,30). The molecule has 3 N–H and O–H groups in total. The summed E-state index contributed by atoms with van der Waals surface area (Å²) in [7, 11) is 0. The fourth-order valence-corrected chi connectivity index (χ4v) is 3.46. The average molecular weight is 441 g/mol. The number of amides is 1. The largest absolute Gasteiger partial charge is 0.334 e. The van der Waals surface area contributed by atoms with Crippen LogP contribution in [0, 0.1) is 0 Å². The third-order valence-corrected chi connectivity index (χ3v) is 5.36. The van der Waals surface area contributed by atoms with Crippen LogP contribution in [0.3, 0.4) is 0 Å². The molecule has 1 aromatic heterocycles. The maximum Gasteiger partial charge on any atom is 0.334 e. The lowest BCUT2D eigenvalue weighted by Crippen LogP contribution is -2.29. The molecule has 0 aliphatic heterocycles. The van der Waals surface area contributed by atoms with Gasteiger partial charge in [-0.1, -0.05) is 65.7 Å². The Labute approximate surface area is 182 Å². The van der Waals surface area contributed by atoms with E-state index in [1.54, 1.807) is 12.1 Å². The number of hydrogen-bond donors (Lipinski definition) is 3. The molecule has 0 bridgehead atoms. The molecule has 0 saturated carbocycles. The number of rotatable bonds is 5.